The van der Waals surface area contributed by atoms with Crippen LogP contribution in [0.1, 0.15) is 13.3 Å². The van der Waals surface area contributed by atoms with Gasteiger partial charge in [-0.3, -0.25) is 0 Å². The zero-order valence-electron chi connectivity index (χ0n) is 7.33. The molecule has 0 atom stereocenters. The molecule has 0 aliphatic rings. The normalized spacial score (nSPS) is 10.1. The molecule has 0 fully saturated rings. The molecule has 0 N–H and O–H groups in total. The van der Waals surface area contributed by atoms with E-state index in [1.54, 1.807) is 14.1 Å². The molecule has 0 bridgehead atoms. The standard InChI is InChI=1S/C8H15NO2/c1-4-5-6-7-11-8(10)9(2)3/h4-5H,6-7H2,1-3H3/b5-4+. The van der Waals surface area contributed by atoms with Gasteiger partial charge in [0.1, 0.15) is 0 Å². The Bertz CT molecular complexity index is 141. The van der Waals surface area contributed by atoms with Crippen molar-refractivity contribution in [2.24, 2.45) is 0 Å². The summed E-state index contributed by atoms with van der Waals surface area (Å²) in [6.07, 6.45) is 4.40. The van der Waals surface area contributed by atoms with Gasteiger partial charge in [0.25, 0.3) is 0 Å². The highest BCUT2D eigenvalue weighted by Gasteiger charge is 2.01. The van der Waals surface area contributed by atoms with E-state index in [0.29, 0.717) is 6.61 Å². The van der Waals surface area contributed by atoms with Crippen molar-refractivity contribution < 1.29 is 9.53 Å². The van der Waals surface area contributed by atoms with Gasteiger partial charge < -0.3 is 9.64 Å². The largest absolute Gasteiger partial charge is 0.449 e. The quantitative estimate of drug-likeness (QED) is 0.460. The predicted octanol–water partition coefficient (Wildman–Crippen LogP) is 1.65. The molecule has 1 amide bonds. The van der Waals surface area contributed by atoms with Gasteiger partial charge in [-0.15, -0.1) is 0 Å². The number of nitrogens with zero attached hydrogens (tertiary/aromatic N) is 1. The summed E-state index contributed by atoms with van der Waals surface area (Å²) >= 11 is 0. The van der Waals surface area contributed by atoms with E-state index in [4.69, 9.17) is 4.74 Å². The molecule has 0 aliphatic carbocycles. The van der Waals surface area contributed by atoms with Crippen LogP contribution in [0, 0.1) is 0 Å². The third-order valence-electron chi connectivity index (χ3n) is 1.11. The number of hydrogen-bond acceptors (Lipinski definition) is 2. The lowest BCUT2D eigenvalue weighted by Gasteiger charge is -2.09. The molecule has 0 aliphatic heterocycles. The van der Waals surface area contributed by atoms with Crippen LogP contribution in [0.2, 0.25) is 0 Å². The van der Waals surface area contributed by atoms with Crippen molar-refractivity contribution in [3.8, 4) is 0 Å². The molecule has 0 aromatic heterocycles. The molecule has 0 spiro atoms. The third-order valence-corrected chi connectivity index (χ3v) is 1.11. The Balaban J connectivity index is 3.32. The van der Waals surface area contributed by atoms with Crippen LogP contribution in [-0.4, -0.2) is 31.7 Å². The van der Waals surface area contributed by atoms with Gasteiger partial charge in [0.05, 0.1) is 6.61 Å². The molecular weight excluding hydrogens is 142 g/mol. The van der Waals surface area contributed by atoms with Crippen molar-refractivity contribution in [3.63, 3.8) is 0 Å². The number of allylic oxidation sites excluding steroid dienone is 1. The van der Waals surface area contributed by atoms with Gasteiger partial charge in [-0.1, -0.05) is 12.2 Å². The van der Waals surface area contributed by atoms with E-state index >= 15 is 0 Å². The van der Waals surface area contributed by atoms with Crippen LogP contribution in [0.5, 0.6) is 0 Å². The van der Waals surface area contributed by atoms with Crippen LogP contribution in [0.15, 0.2) is 12.2 Å². The average Bonchev–Trinajstić information content (AvgIpc) is 1.97. The van der Waals surface area contributed by atoms with E-state index in [-0.39, 0.29) is 6.09 Å². The highest BCUT2D eigenvalue weighted by molar-refractivity contribution is 5.66. The molecule has 0 saturated heterocycles. The monoisotopic (exact) mass is 157 g/mol. The van der Waals surface area contributed by atoms with Crippen molar-refractivity contribution in [2.75, 3.05) is 20.7 Å². The molecule has 0 rings (SSSR count). The van der Waals surface area contributed by atoms with Gasteiger partial charge in [0.15, 0.2) is 0 Å². The smallest absolute Gasteiger partial charge is 0.409 e. The highest BCUT2D eigenvalue weighted by Crippen LogP contribution is 1.89. The number of amides is 1. The summed E-state index contributed by atoms with van der Waals surface area (Å²) in [5, 5.41) is 0. The minimum absolute atomic E-state index is 0.283. The molecule has 0 unspecified atom stereocenters. The Morgan fingerprint density at radius 2 is 2.18 bits per heavy atom. The lowest BCUT2D eigenvalue weighted by atomic mass is 10.4. The Labute approximate surface area is 67.6 Å². The third kappa shape index (κ3) is 5.45. The predicted molar refractivity (Wildman–Crippen MR) is 44.5 cm³/mol. The van der Waals surface area contributed by atoms with E-state index in [2.05, 4.69) is 0 Å². The van der Waals surface area contributed by atoms with E-state index in [9.17, 15) is 4.79 Å². The topological polar surface area (TPSA) is 29.5 Å². The summed E-state index contributed by atoms with van der Waals surface area (Å²) in [5.74, 6) is 0. The van der Waals surface area contributed by atoms with Crippen LogP contribution < -0.4 is 0 Å². The van der Waals surface area contributed by atoms with Gasteiger partial charge in [-0.25, -0.2) is 4.79 Å². The second-order valence-electron chi connectivity index (χ2n) is 2.37. The Morgan fingerprint density at radius 1 is 1.55 bits per heavy atom. The molecule has 0 heterocycles. The fourth-order valence-corrected chi connectivity index (χ4v) is 0.510. The van der Waals surface area contributed by atoms with E-state index in [1.807, 2.05) is 19.1 Å². The Hall–Kier alpha value is -0.990. The molecule has 0 radical (unpaired) electrons. The van der Waals surface area contributed by atoms with Gasteiger partial charge >= 0.3 is 6.09 Å². The minimum atomic E-state index is -0.283. The first-order valence-electron chi connectivity index (χ1n) is 3.63. The molecule has 0 aromatic rings. The fourth-order valence-electron chi connectivity index (χ4n) is 0.510. The van der Waals surface area contributed by atoms with Crippen molar-refractivity contribution in [1.82, 2.24) is 4.90 Å². The number of ether oxygens (including phenoxy) is 1. The molecule has 0 aromatic carbocycles. The first-order chi connectivity index (χ1) is 5.18. The Morgan fingerprint density at radius 3 is 2.64 bits per heavy atom. The zero-order chi connectivity index (χ0) is 8.69. The number of rotatable bonds is 3. The number of hydrogen-bond donors (Lipinski definition) is 0. The van der Waals surface area contributed by atoms with Crippen molar-refractivity contribution in [2.45, 2.75) is 13.3 Å². The maximum absolute atomic E-state index is 10.8. The molecule has 3 nitrogen and oxygen atoms in total. The van der Waals surface area contributed by atoms with Crippen molar-refractivity contribution in [1.29, 1.82) is 0 Å². The van der Waals surface area contributed by atoms with Crippen LogP contribution in [-0.2, 0) is 4.74 Å². The fraction of sp³-hybridized carbons (Fsp3) is 0.625. The van der Waals surface area contributed by atoms with Gasteiger partial charge in [-0.05, 0) is 13.3 Å². The maximum atomic E-state index is 10.8. The first-order valence-corrected chi connectivity index (χ1v) is 3.63. The first kappa shape index (κ1) is 10.0. The SMILES string of the molecule is C/C=C/CCOC(=O)N(C)C. The van der Waals surface area contributed by atoms with Gasteiger partial charge in [0, 0.05) is 14.1 Å². The molecular formula is C8H15NO2. The van der Waals surface area contributed by atoms with Crippen LogP contribution in [0.4, 0.5) is 4.79 Å². The summed E-state index contributed by atoms with van der Waals surface area (Å²) in [6.45, 7) is 2.40. The van der Waals surface area contributed by atoms with Crippen LogP contribution >= 0.6 is 0 Å². The lowest BCUT2D eigenvalue weighted by molar-refractivity contribution is 0.120. The summed E-state index contributed by atoms with van der Waals surface area (Å²) in [7, 11) is 3.33. The molecule has 0 saturated carbocycles. The van der Waals surface area contributed by atoms with Crippen LogP contribution in [0.3, 0.4) is 0 Å². The maximum Gasteiger partial charge on any atom is 0.409 e. The summed E-state index contributed by atoms with van der Waals surface area (Å²) < 4.78 is 4.84. The van der Waals surface area contributed by atoms with E-state index in [0.717, 1.165) is 6.42 Å². The number of carbonyl (C=O) groups excluding carboxylic acids is 1. The lowest BCUT2D eigenvalue weighted by Crippen LogP contribution is -2.22. The highest BCUT2D eigenvalue weighted by atomic mass is 16.6. The summed E-state index contributed by atoms with van der Waals surface area (Å²) in [4.78, 5) is 12.2. The zero-order valence-corrected chi connectivity index (χ0v) is 7.33. The van der Waals surface area contributed by atoms with Gasteiger partial charge in [0.2, 0.25) is 0 Å². The van der Waals surface area contributed by atoms with Crippen LogP contribution in [0.25, 0.3) is 0 Å². The molecule has 64 valence electrons. The van der Waals surface area contributed by atoms with Crippen molar-refractivity contribution >= 4 is 6.09 Å². The van der Waals surface area contributed by atoms with E-state index in [1.165, 1.54) is 4.90 Å². The minimum Gasteiger partial charge on any atom is -0.449 e. The summed E-state index contributed by atoms with van der Waals surface area (Å²) in [5.41, 5.74) is 0. The molecule has 11 heavy (non-hydrogen) atoms. The average molecular weight is 157 g/mol. The Kier molecular flexibility index (Phi) is 5.25. The summed E-state index contributed by atoms with van der Waals surface area (Å²) in [6, 6.07) is 0. The second-order valence-corrected chi connectivity index (χ2v) is 2.37. The van der Waals surface area contributed by atoms with E-state index < -0.39 is 0 Å². The van der Waals surface area contributed by atoms with Gasteiger partial charge in [-0.2, -0.15) is 0 Å². The number of carbonyl (C=O) groups is 1. The molecule has 3 heteroatoms. The second kappa shape index (κ2) is 5.77. The van der Waals surface area contributed by atoms with Crippen molar-refractivity contribution in [3.05, 3.63) is 12.2 Å².